The molecule has 2 aromatic heterocycles. The smallest absolute Gasteiger partial charge is 0.249 e. The summed E-state index contributed by atoms with van der Waals surface area (Å²) in [6, 6.07) is 18.3. The molecule has 0 spiro atoms. The highest BCUT2D eigenvalue weighted by Crippen LogP contribution is 2.42. The monoisotopic (exact) mass is 452 g/mol. The highest BCUT2D eigenvalue weighted by molar-refractivity contribution is 6.06. The predicted molar refractivity (Wildman–Crippen MR) is 133 cm³/mol. The Morgan fingerprint density at radius 3 is 2.79 bits per heavy atom. The molecule has 172 valence electrons. The fourth-order valence-electron chi connectivity index (χ4n) is 5.48. The highest BCUT2D eigenvalue weighted by Gasteiger charge is 2.36. The maximum atomic E-state index is 12.0. The molecule has 7 nitrogen and oxygen atoms in total. The maximum Gasteiger partial charge on any atom is 0.249 e. The zero-order chi connectivity index (χ0) is 23.2. The van der Waals surface area contributed by atoms with Gasteiger partial charge < -0.3 is 11.1 Å². The van der Waals surface area contributed by atoms with Crippen molar-refractivity contribution >= 4 is 22.6 Å². The van der Waals surface area contributed by atoms with Crippen LogP contribution < -0.4 is 11.1 Å². The van der Waals surface area contributed by atoms with E-state index < -0.39 is 5.91 Å². The van der Waals surface area contributed by atoms with Crippen LogP contribution in [0.4, 0.5) is 5.82 Å². The van der Waals surface area contributed by atoms with E-state index in [1.165, 1.54) is 24.0 Å². The number of piperidine rings is 1. The van der Waals surface area contributed by atoms with Crippen LogP contribution in [-0.2, 0) is 13.1 Å². The summed E-state index contributed by atoms with van der Waals surface area (Å²) in [6.07, 6.45) is 3.58. The van der Waals surface area contributed by atoms with Crippen molar-refractivity contribution in [2.75, 3.05) is 11.9 Å². The van der Waals surface area contributed by atoms with E-state index in [9.17, 15) is 4.79 Å². The summed E-state index contributed by atoms with van der Waals surface area (Å²) >= 11 is 0. The minimum Gasteiger partial charge on any atom is -0.366 e. The van der Waals surface area contributed by atoms with Crippen LogP contribution in [0.15, 0.2) is 54.6 Å². The molecule has 2 aliphatic heterocycles. The Balaban J connectivity index is 1.49. The second-order valence-corrected chi connectivity index (χ2v) is 9.28. The number of anilines is 1. The number of primary amides is 1. The molecular weight excluding hydrogens is 424 g/mol. The quantitative estimate of drug-likeness (QED) is 0.466. The van der Waals surface area contributed by atoms with Gasteiger partial charge in [-0.15, -0.1) is 0 Å². The highest BCUT2D eigenvalue weighted by atomic mass is 16.1. The van der Waals surface area contributed by atoms with E-state index in [-0.39, 0.29) is 0 Å². The van der Waals surface area contributed by atoms with Gasteiger partial charge >= 0.3 is 0 Å². The third-order valence-corrected chi connectivity index (χ3v) is 7.12. The van der Waals surface area contributed by atoms with Gasteiger partial charge in [0.05, 0.1) is 17.3 Å². The Morgan fingerprint density at radius 2 is 1.97 bits per heavy atom. The number of benzene rings is 2. The molecule has 2 aromatic carbocycles. The molecule has 2 aliphatic rings. The zero-order valence-corrected chi connectivity index (χ0v) is 19.3. The molecule has 1 atom stereocenters. The molecule has 4 heterocycles. The molecule has 0 bridgehead atoms. The van der Waals surface area contributed by atoms with Gasteiger partial charge in [0, 0.05) is 35.3 Å². The SMILES string of the molecule is Cc1cc2c(C(N)=O)cccc2n1-c1nc(NCc2ccccc2)c2c(n1)C1CCCCN1C2. The summed E-state index contributed by atoms with van der Waals surface area (Å²) in [5.41, 5.74) is 11.6. The lowest BCUT2D eigenvalue weighted by Crippen LogP contribution is -2.27. The molecule has 0 radical (unpaired) electrons. The van der Waals surface area contributed by atoms with Crippen molar-refractivity contribution in [2.45, 2.75) is 45.3 Å². The van der Waals surface area contributed by atoms with Gasteiger partial charge in [0.2, 0.25) is 11.9 Å². The molecule has 3 N–H and O–H groups in total. The molecule has 1 saturated heterocycles. The molecular formula is C27H28N6O. The number of amides is 1. The Kier molecular flexibility index (Phi) is 5.07. The lowest BCUT2D eigenvalue weighted by Gasteiger charge is -2.28. The number of aromatic nitrogens is 3. The number of hydrogen-bond donors (Lipinski definition) is 2. The first-order valence-electron chi connectivity index (χ1n) is 11.9. The second-order valence-electron chi connectivity index (χ2n) is 9.28. The third kappa shape index (κ3) is 3.44. The Labute approximate surface area is 198 Å². The number of nitrogens with one attached hydrogen (secondary N) is 1. The minimum absolute atomic E-state index is 0.339. The number of carbonyl (C=O) groups excluding carboxylic acids is 1. The lowest BCUT2D eigenvalue weighted by atomic mass is 10.0. The van der Waals surface area contributed by atoms with Gasteiger partial charge in [-0.3, -0.25) is 14.3 Å². The van der Waals surface area contributed by atoms with Crippen LogP contribution in [0.5, 0.6) is 0 Å². The van der Waals surface area contributed by atoms with Crippen molar-refractivity contribution < 1.29 is 4.79 Å². The Morgan fingerprint density at radius 1 is 1.12 bits per heavy atom. The number of nitrogens with zero attached hydrogens (tertiary/aromatic N) is 4. The maximum absolute atomic E-state index is 12.0. The van der Waals surface area contributed by atoms with Crippen LogP contribution in [0.2, 0.25) is 0 Å². The molecule has 6 rings (SSSR count). The number of aryl methyl sites for hydroxylation is 1. The van der Waals surface area contributed by atoms with E-state index in [1.54, 1.807) is 6.07 Å². The van der Waals surface area contributed by atoms with Gasteiger partial charge in [-0.2, -0.15) is 4.98 Å². The first-order valence-corrected chi connectivity index (χ1v) is 11.9. The fraction of sp³-hybridized carbons (Fsp3) is 0.296. The van der Waals surface area contributed by atoms with E-state index in [0.29, 0.717) is 24.1 Å². The van der Waals surface area contributed by atoms with Crippen molar-refractivity contribution in [3.05, 3.63) is 82.7 Å². The van der Waals surface area contributed by atoms with Crippen LogP contribution in [-0.4, -0.2) is 31.9 Å². The van der Waals surface area contributed by atoms with E-state index in [2.05, 4.69) is 34.5 Å². The van der Waals surface area contributed by atoms with Gasteiger partial charge in [-0.05, 0) is 50.1 Å². The van der Waals surface area contributed by atoms with Crippen molar-refractivity contribution in [2.24, 2.45) is 5.73 Å². The molecule has 1 amide bonds. The number of hydrogen-bond acceptors (Lipinski definition) is 5. The predicted octanol–water partition coefficient (Wildman–Crippen LogP) is 4.48. The van der Waals surface area contributed by atoms with Gasteiger partial charge in [-0.1, -0.05) is 42.8 Å². The topological polar surface area (TPSA) is 89.1 Å². The van der Waals surface area contributed by atoms with Gasteiger partial charge in [0.1, 0.15) is 5.82 Å². The molecule has 0 aliphatic carbocycles. The largest absolute Gasteiger partial charge is 0.366 e. The first-order chi connectivity index (χ1) is 16.6. The Hall–Kier alpha value is -3.71. The molecule has 7 heteroatoms. The van der Waals surface area contributed by atoms with Crippen LogP contribution in [0.3, 0.4) is 0 Å². The van der Waals surface area contributed by atoms with Crippen LogP contribution in [0.25, 0.3) is 16.9 Å². The minimum atomic E-state index is -0.430. The number of rotatable bonds is 5. The molecule has 4 aromatic rings. The number of nitrogens with two attached hydrogens (primary N) is 1. The van der Waals surface area contributed by atoms with Crippen LogP contribution in [0.1, 0.15) is 58.2 Å². The van der Waals surface area contributed by atoms with Crippen molar-refractivity contribution in [1.82, 2.24) is 19.4 Å². The van der Waals surface area contributed by atoms with Crippen LogP contribution >= 0.6 is 0 Å². The summed E-state index contributed by atoms with van der Waals surface area (Å²) in [5, 5.41) is 4.43. The average molecular weight is 453 g/mol. The van der Waals surface area contributed by atoms with Crippen molar-refractivity contribution in [1.29, 1.82) is 0 Å². The summed E-state index contributed by atoms with van der Waals surface area (Å²) in [7, 11) is 0. The number of carbonyl (C=O) groups is 1. The van der Waals surface area contributed by atoms with E-state index >= 15 is 0 Å². The lowest BCUT2D eigenvalue weighted by molar-refractivity contribution is 0.100. The second kappa shape index (κ2) is 8.25. The summed E-state index contributed by atoms with van der Waals surface area (Å²) in [4.78, 5) is 24.7. The third-order valence-electron chi connectivity index (χ3n) is 7.12. The zero-order valence-electron chi connectivity index (χ0n) is 19.3. The van der Waals surface area contributed by atoms with E-state index in [0.717, 1.165) is 47.6 Å². The van der Waals surface area contributed by atoms with E-state index in [1.807, 2.05) is 35.8 Å². The fourth-order valence-corrected chi connectivity index (χ4v) is 5.48. The van der Waals surface area contributed by atoms with Crippen molar-refractivity contribution in [3.8, 4) is 5.95 Å². The van der Waals surface area contributed by atoms with Gasteiger partial charge in [-0.25, -0.2) is 4.98 Å². The van der Waals surface area contributed by atoms with Crippen molar-refractivity contribution in [3.63, 3.8) is 0 Å². The summed E-state index contributed by atoms with van der Waals surface area (Å²) in [6.45, 7) is 4.70. The van der Waals surface area contributed by atoms with Crippen LogP contribution in [0, 0.1) is 6.92 Å². The normalized spacial score (nSPS) is 17.5. The van der Waals surface area contributed by atoms with Gasteiger partial charge in [0.25, 0.3) is 0 Å². The number of fused-ring (bicyclic) bond motifs is 4. The summed E-state index contributed by atoms with van der Waals surface area (Å²) < 4.78 is 2.04. The Bertz CT molecular complexity index is 1390. The molecule has 34 heavy (non-hydrogen) atoms. The summed E-state index contributed by atoms with van der Waals surface area (Å²) in [5.74, 6) is 1.10. The van der Waals surface area contributed by atoms with Gasteiger partial charge in [0.15, 0.2) is 0 Å². The average Bonchev–Trinajstić information content (AvgIpc) is 3.39. The molecule has 0 saturated carbocycles. The van der Waals surface area contributed by atoms with E-state index in [4.69, 9.17) is 15.7 Å². The standard InChI is InChI=1S/C27H28N6O/c1-17-14-20-19(25(28)34)10-7-12-22(20)33(17)27-30-24-21(16-32-13-6-5-11-23(24)32)26(31-27)29-15-18-8-3-2-4-9-18/h2-4,7-10,12,14,23H,5-6,11,13,15-16H2,1H3,(H2,28,34)(H,29,30,31). The first kappa shape index (κ1) is 20.9. The molecule has 1 fully saturated rings. The molecule has 1 unspecified atom stereocenters.